The highest BCUT2D eigenvalue weighted by molar-refractivity contribution is 8.26. The van der Waals surface area contributed by atoms with E-state index in [1.165, 1.54) is 21.6 Å². The van der Waals surface area contributed by atoms with E-state index in [1.807, 2.05) is 31.2 Å². The molecule has 1 atom stereocenters. The summed E-state index contributed by atoms with van der Waals surface area (Å²) in [7, 11) is 0. The number of thioether (sulfide) groups is 2. The van der Waals surface area contributed by atoms with Crippen LogP contribution in [0.15, 0.2) is 29.2 Å². The molecule has 0 saturated carbocycles. The van der Waals surface area contributed by atoms with Crippen molar-refractivity contribution in [3.05, 3.63) is 34.7 Å². The van der Waals surface area contributed by atoms with Crippen LogP contribution in [0.5, 0.6) is 5.75 Å². The topological polar surface area (TPSA) is 87.2 Å². The smallest absolute Gasteiger partial charge is 0.327 e. The highest BCUT2D eigenvalue weighted by Gasteiger charge is 2.39. The third-order valence-corrected chi connectivity index (χ3v) is 6.53. The lowest BCUT2D eigenvalue weighted by Gasteiger charge is -2.23. The molecule has 2 amide bonds. The van der Waals surface area contributed by atoms with E-state index in [4.69, 9.17) is 17.0 Å². The van der Waals surface area contributed by atoms with Gasteiger partial charge in [0.25, 0.3) is 5.91 Å². The zero-order chi connectivity index (χ0) is 20.3. The van der Waals surface area contributed by atoms with Gasteiger partial charge in [0.1, 0.15) is 22.7 Å². The molecule has 7 nitrogen and oxygen atoms in total. The minimum absolute atomic E-state index is 0.254. The van der Waals surface area contributed by atoms with Crippen molar-refractivity contribution >= 4 is 63.9 Å². The molecule has 10 heteroatoms. The summed E-state index contributed by atoms with van der Waals surface area (Å²) < 4.78 is 5.68. The first-order valence-corrected chi connectivity index (χ1v) is 10.9. The van der Waals surface area contributed by atoms with Crippen molar-refractivity contribution in [3.8, 4) is 5.75 Å². The second kappa shape index (κ2) is 8.97. The molecule has 0 unspecified atom stereocenters. The van der Waals surface area contributed by atoms with Crippen LogP contribution in [0.3, 0.4) is 0 Å². The average molecular weight is 439 g/mol. The second-order valence-corrected chi connectivity index (χ2v) is 8.66. The number of aliphatic carboxylic acids is 1. The summed E-state index contributed by atoms with van der Waals surface area (Å²) in [6, 6.07) is 6.44. The standard InChI is InChI=1S/C18H18N2O5S3/c1-2-25-12-5-3-11(4-6-12)7-14-16(22)19(18(26)28-14)8-15(21)20-10-27-9-13(20)17(23)24/h3-7,13H,2,8-10H2,1H3,(H,23,24)/b14-7+/t13-/m0/s1. The van der Waals surface area contributed by atoms with Crippen LogP contribution in [0.25, 0.3) is 6.08 Å². The Morgan fingerprint density at radius 3 is 2.71 bits per heavy atom. The highest BCUT2D eigenvalue weighted by atomic mass is 32.2. The van der Waals surface area contributed by atoms with Gasteiger partial charge < -0.3 is 14.7 Å². The first kappa shape index (κ1) is 20.7. The van der Waals surface area contributed by atoms with Crippen molar-refractivity contribution in [2.24, 2.45) is 0 Å². The summed E-state index contributed by atoms with van der Waals surface area (Å²) in [6.07, 6.45) is 1.71. The number of thiocarbonyl (C=S) groups is 1. The van der Waals surface area contributed by atoms with Gasteiger partial charge in [-0.05, 0) is 30.7 Å². The Kier molecular flexibility index (Phi) is 6.63. The summed E-state index contributed by atoms with van der Waals surface area (Å²) in [5.74, 6) is -0.427. The molecule has 28 heavy (non-hydrogen) atoms. The number of carboxylic acid groups (broad SMARTS) is 1. The number of rotatable bonds is 6. The van der Waals surface area contributed by atoms with Gasteiger partial charge in [-0.15, -0.1) is 11.8 Å². The second-order valence-electron chi connectivity index (χ2n) is 5.99. The van der Waals surface area contributed by atoms with Gasteiger partial charge in [-0.1, -0.05) is 36.1 Å². The Hall–Kier alpha value is -2.04. The highest BCUT2D eigenvalue weighted by Crippen LogP contribution is 2.33. The van der Waals surface area contributed by atoms with Crippen LogP contribution in [0.2, 0.25) is 0 Å². The summed E-state index contributed by atoms with van der Waals surface area (Å²) in [5.41, 5.74) is 0.817. The molecule has 0 bridgehead atoms. The van der Waals surface area contributed by atoms with Gasteiger partial charge in [0.05, 0.1) is 17.4 Å². The monoisotopic (exact) mass is 438 g/mol. The quantitative estimate of drug-likeness (QED) is 0.535. The Morgan fingerprint density at radius 2 is 2.07 bits per heavy atom. The Labute approximate surface area is 176 Å². The molecular weight excluding hydrogens is 420 g/mol. The predicted molar refractivity (Wildman–Crippen MR) is 113 cm³/mol. The first-order valence-electron chi connectivity index (χ1n) is 8.49. The van der Waals surface area contributed by atoms with Crippen molar-refractivity contribution in [1.82, 2.24) is 9.80 Å². The number of carbonyl (C=O) groups excluding carboxylic acids is 2. The van der Waals surface area contributed by atoms with E-state index in [0.29, 0.717) is 23.1 Å². The van der Waals surface area contributed by atoms with Gasteiger partial charge in [-0.25, -0.2) is 4.79 Å². The molecule has 0 aromatic heterocycles. The molecule has 2 aliphatic heterocycles. The van der Waals surface area contributed by atoms with Crippen molar-refractivity contribution < 1.29 is 24.2 Å². The molecule has 1 aromatic rings. The van der Waals surface area contributed by atoms with Gasteiger partial charge in [0, 0.05) is 5.75 Å². The van der Waals surface area contributed by atoms with Gasteiger partial charge >= 0.3 is 5.97 Å². The number of carbonyl (C=O) groups is 3. The number of ether oxygens (including phenoxy) is 1. The summed E-state index contributed by atoms with van der Waals surface area (Å²) >= 11 is 7.76. The minimum atomic E-state index is -1.04. The molecule has 3 rings (SSSR count). The Balaban J connectivity index is 1.69. The van der Waals surface area contributed by atoms with E-state index in [1.54, 1.807) is 6.08 Å². The fraction of sp³-hybridized carbons (Fsp3) is 0.333. The van der Waals surface area contributed by atoms with Crippen molar-refractivity contribution in [2.45, 2.75) is 13.0 Å². The zero-order valence-electron chi connectivity index (χ0n) is 15.0. The van der Waals surface area contributed by atoms with Crippen LogP contribution in [0.1, 0.15) is 12.5 Å². The van der Waals surface area contributed by atoms with Crippen molar-refractivity contribution in [3.63, 3.8) is 0 Å². The molecule has 2 fully saturated rings. The molecule has 2 aliphatic rings. The molecular formula is C18H18N2O5S3. The third-order valence-electron chi connectivity index (χ3n) is 4.14. The average Bonchev–Trinajstić information content (AvgIpc) is 3.25. The number of hydrogen-bond acceptors (Lipinski definition) is 7. The lowest BCUT2D eigenvalue weighted by Crippen LogP contribution is -2.47. The molecule has 2 heterocycles. The van der Waals surface area contributed by atoms with Gasteiger partial charge in [0.15, 0.2) is 0 Å². The maximum Gasteiger partial charge on any atom is 0.327 e. The Bertz CT molecular complexity index is 840. The van der Waals surface area contributed by atoms with E-state index in [-0.39, 0.29) is 16.8 Å². The van der Waals surface area contributed by atoms with Crippen LogP contribution >= 0.6 is 35.7 Å². The summed E-state index contributed by atoms with van der Waals surface area (Å²) in [4.78, 5) is 39.4. The van der Waals surface area contributed by atoms with Gasteiger partial charge in [-0.3, -0.25) is 14.5 Å². The molecule has 0 radical (unpaired) electrons. The van der Waals surface area contributed by atoms with Gasteiger partial charge in [-0.2, -0.15) is 0 Å². The lowest BCUT2D eigenvalue weighted by atomic mass is 10.2. The van der Waals surface area contributed by atoms with Crippen molar-refractivity contribution in [1.29, 1.82) is 0 Å². The maximum atomic E-state index is 12.7. The van der Waals surface area contributed by atoms with Gasteiger partial charge in [0.2, 0.25) is 5.91 Å². The number of benzene rings is 1. The largest absolute Gasteiger partial charge is 0.494 e. The number of nitrogens with zero attached hydrogens (tertiary/aromatic N) is 2. The van der Waals surface area contributed by atoms with Crippen molar-refractivity contribution in [2.75, 3.05) is 24.8 Å². The summed E-state index contributed by atoms with van der Waals surface area (Å²) in [6.45, 7) is 2.22. The summed E-state index contributed by atoms with van der Waals surface area (Å²) in [5, 5.41) is 9.22. The first-order chi connectivity index (χ1) is 13.4. The zero-order valence-corrected chi connectivity index (χ0v) is 17.4. The molecule has 2 saturated heterocycles. The minimum Gasteiger partial charge on any atom is -0.494 e. The molecule has 1 aromatic carbocycles. The van der Waals surface area contributed by atoms with Crippen LogP contribution in [0, 0.1) is 0 Å². The fourth-order valence-corrected chi connectivity index (χ4v) is 5.16. The SMILES string of the molecule is CCOc1ccc(/C=C2/SC(=S)N(CC(=O)N3CSC[C@H]3C(=O)O)C2=O)cc1. The number of amides is 2. The number of carboxylic acids is 1. The van der Waals surface area contributed by atoms with Crippen LogP contribution < -0.4 is 4.74 Å². The molecule has 1 N–H and O–H groups in total. The molecule has 0 aliphatic carbocycles. The Morgan fingerprint density at radius 1 is 1.36 bits per heavy atom. The van der Waals surface area contributed by atoms with Crippen LogP contribution in [0.4, 0.5) is 0 Å². The van der Waals surface area contributed by atoms with Crippen LogP contribution in [-0.2, 0) is 14.4 Å². The van der Waals surface area contributed by atoms with E-state index >= 15 is 0 Å². The molecule has 148 valence electrons. The number of hydrogen-bond donors (Lipinski definition) is 1. The molecule has 0 spiro atoms. The van der Waals surface area contributed by atoms with E-state index < -0.39 is 17.9 Å². The fourth-order valence-electron chi connectivity index (χ4n) is 2.73. The predicted octanol–water partition coefficient (Wildman–Crippen LogP) is 2.27. The van der Waals surface area contributed by atoms with Crippen LogP contribution in [-0.4, -0.2) is 67.8 Å². The lowest BCUT2D eigenvalue weighted by molar-refractivity contribution is -0.148. The van der Waals surface area contributed by atoms with E-state index in [9.17, 15) is 19.5 Å². The van der Waals surface area contributed by atoms with E-state index in [2.05, 4.69) is 0 Å². The maximum absolute atomic E-state index is 12.7. The third kappa shape index (κ3) is 4.50. The normalized spacial score (nSPS) is 20.9. The van der Waals surface area contributed by atoms with E-state index in [0.717, 1.165) is 23.1 Å².